The molecule has 1 fully saturated rings. The molecular weight excluding hydrogens is 392 g/mol. The summed E-state index contributed by atoms with van der Waals surface area (Å²) in [7, 11) is 2.19. The first-order valence-electron chi connectivity index (χ1n) is 12.0. The first-order valence-corrected chi connectivity index (χ1v) is 12.0. The van der Waals surface area contributed by atoms with E-state index in [0.717, 1.165) is 56.5 Å². The van der Waals surface area contributed by atoms with Crippen LogP contribution in [0.5, 0.6) is 0 Å². The van der Waals surface area contributed by atoms with Crippen LogP contribution in [0.15, 0.2) is 54.3 Å². The summed E-state index contributed by atoms with van der Waals surface area (Å²) in [6.07, 6.45) is 15.0. The minimum atomic E-state index is 0. The molecule has 2 heterocycles. The van der Waals surface area contributed by atoms with Crippen LogP contribution >= 0.6 is 0 Å². The Hall–Kier alpha value is -2.78. The molecule has 0 N–H and O–H groups in total. The lowest BCUT2D eigenvalue weighted by Crippen LogP contribution is -2.39. The number of hydrogen-bond acceptors (Lipinski definition) is 3. The van der Waals surface area contributed by atoms with Gasteiger partial charge < -0.3 is 4.90 Å². The molecule has 3 nitrogen and oxygen atoms in total. The number of Topliss-reactive ketones (excluding diaryl/α,β-unsaturated/α-hetero) is 1. The van der Waals surface area contributed by atoms with Crippen molar-refractivity contribution >= 4 is 16.9 Å². The fraction of sp³-hybridized carbons (Fsp3) is 0.379. The second kappa shape index (κ2) is 7.38. The van der Waals surface area contributed by atoms with Crippen molar-refractivity contribution in [2.24, 2.45) is 0 Å². The number of benzene rings is 1. The van der Waals surface area contributed by atoms with Crippen molar-refractivity contribution in [3.05, 3.63) is 87.8 Å². The van der Waals surface area contributed by atoms with Crippen molar-refractivity contribution in [3.63, 3.8) is 0 Å². The summed E-state index contributed by atoms with van der Waals surface area (Å²) in [5.41, 5.74) is 11.1. The Kier molecular flexibility index (Phi) is 4.58. The summed E-state index contributed by atoms with van der Waals surface area (Å²) >= 11 is 0. The number of likely N-dealkylation sites (tertiary alicyclic amines) is 1. The third-order valence-electron chi connectivity index (χ3n) is 8.11. The molecule has 0 saturated carbocycles. The minimum absolute atomic E-state index is 0. The maximum absolute atomic E-state index is 12.9. The number of nitrogens with zero attached hydrogens (tertiary/aromatic N) is 2. The van der Waals surface area contributed by atoms with Crippen LogP contribution < -0.4 is 0 Å². The topological polar surface area (TPSA) is 33.2 Å². The molecule has 1 saturated heterocycles. The van der Waals surface area contributed by atoms with Crippen LogP contribution in [-0.4, -0.2) is 35.8 Å². The van der Waals surface area contributed by atoms with Crippen molar-refractivity contribution in [3.8, 4) is 0 Å². The van der Waals surface area contributed by atoms with Gasteiger partial charge in [0.2, 0.25) is 0 Å². The van der Waals surface area contributed by atoms with Gasteiger partial charge in [-0.15, -0.1) is 0 Å². The zero-order valence-corrected chi connectivity index (χ0v) is 19.1. The Morgan fingerprint density at radius 1 is 0.969 bits per heavy atom. The number of allylic oxidation sites excluding steroid dienone is 5. The normalized spacial score (nSPS) is 21.8. The number of hydrogen-bond donors (Lipinski definition) is 0. The minimum Gasteiger partial charge on any atom is -0.306 e. The number of carbonyl (C=O) groups excluding carboxylic acids is 1. The predicted octanol–water partition coefficient (Wildman–Crippen LogP) is 5.99. The highest BCUT2D eigenvalue weighted by molar-refractivity contribution is 6.03. The molecule has 164 valence electrons. The lowest BCUT2D eigenvalue weighted by molar-refractivity contribution is 0.0945. The van der Waals surface area contributed by atoms with Gasteiger partial charge in [-0.05, 0) is 92.7 Å². The SMILES string of the molecule is CC1=CCCC=C1c1cnc2c(c1)C(c1ccc3c(c1)C1(CCN(C)CC1)CC3=O)=CC2.[HH]. The third-order valence-corrected chi connectivity index (χ3v) is 8.11. The molecule has 3 aliphatic carbocycles. The molecule has 2 aromatic rings. The molecule has 1 aromatic heterocycles. The van der Waals surface area contributed by atoms with Gasteiger partial charge in [0.05, 0.1) is 5.69 Å². The number of piperidine rings is 1. The zero-order chi connectivity index (χ0) is 21.9. The van der Waals surface area contributed by atoms with Gasteiger partial charge in [0.15, 0.2) is 5.78 Å². The van der Waals surface area contributed by atoms with Gasteiger partial charge in [0.1, 0.15) is 0 Å². The van der Waals surface area contributed by atoms with Gasteiger partial charge in [0.25, 0.3) is 0 Å². The Bertz CT molecular complexity index is 1230. The van der Waals surface area contributed by atoms with Gasteiger partial charge in [-0.1, -0.05) is 30.4 Å². The standard InChI is InChI=1S/C29H30N2O.H2/c1-19-5-3-4-6-22(19)21-15-25-23(9-10-27(25)30-18-21)20-7-8-24-26(16-20)29(17-28(24)32)11-13-31(2)14-12-29;/h5-9,15-16,18H,3-4,10-14,17H2,1-2H3;1H. The highest BCUT2D eigenvalue weighted by Gasteiger charge is 2.44. The highest BCUT2D eigenvalue weighted by atomic mass is 16.1. The number of ketones is 1. The number of rotatable bonds is 2. The Morgan fingerprint density at radius 3 is 2.59 bits per heavy atom. The molecule has 0 bridgehead atoms. The van der Waals surface area contributed by atoms with E-state index in [9.17, 15) is 4.79 Å². The van der Waals surface area contributed by atoms with Gasteiger partial charge in [-0.3, -0.25) is 9.78 Å². The van der Waals surface area contributed by atoms with Gasteiger partial charge in [0, 0.05) is 42.6 Å². The molecule has 6 rings (SSSR count). The summed E-state index contributed by atoms with van der Waals surface area (Å²) < 4.78 is 0. The van der Waals surface area contributed by atoms with Crippen molar-refractivity contribution in [1.29, 1.82) is 0 Å². The molecule has 32 heavy (non-hydrogen) atoms. The molecule has 1 aliphatic heterocycles. The summed E-state index contributed by atoms with van der Waals surface area (Å²) in [5, 5.41) is 0. The summed E-state index contributed by atoms with van der Waals surface area (Å²) in [6.45, 7) is 4.34. The smallest absolute Gasteiger partial charge is 0.164 e. The average Bonchev–Trinajstić information content (AvgIpc) is 3.35. The first kappa shape index (κ1) is 19.9. The number of pyridine rings is 1. The quantitative estimate of drug-likeness (QED) is 0.594. The van der Waals surface area contributed by atoms with E-state index in [1.165, 1.54) is 39.0 Å². The monoisotopic (exact) mass is 424 g/mol. The Balaban J connectivity index is 0.00000228. The van der Waals surface area contributed by atoms with Gasteiger partial charge >= 0.3 is 0 Å². The maximum atomic E-state index is 12.9. The van der Waals surface area contributed by atoms with Gasteiger partial charge in [-0.25, -0.2) is 0 Å². The van der Waals surface area contributed by atoms with Crippen LogP contribution in [0.3, 0.4) is 0 Å². The average molecular weight is 425 g/mol. The van der Waals surface area contributed by atoms with E-state index in [4.69, 9.17) is 4.98 Å². The lowest BCUT2D eigenvalue weighted by Gasteiger charge is -2.38. The Morgan fingerprint density at radius 2 is 1.78 bits per heavy atom. The van der Waals surface area contributed by atoms with Crippen LogP contribution in [0.25, 0.3) is 11.1 Å². The van der Waals surface area contributed by atoms with Crippen LogP contribution in [0.1, 0.15) is 78.8 Å². The molecule has 0 radical (unpaired) electrons. The van der Waals surface area contributed by atoms with E-state index in [-0.39, 0.29) is 6.84 Å². The summed E-state index contributed by atoms with van der Waals surface area (Å²) in [6, 6.07) is 8.92. The second-order valence-electron chi connectivity index (χ2n) is 10.1. The van der Waals surface area contributed by atoms with E-state index in [1.807, 2.05) is 6.20 Å². The summed E-state index contributed by atoms with van der Waals surface area (Å²) in [5.74, 6) is 0.326. The van der Waals surface area contributed by atoms with E-state index < -0.39 is 0 Å². The predicted molar refractivity (Wildman–Crippen MR) is 132 cm³/mol. The highest BCUT2D eigenvalue weighted by Crippen LogP contribution is 2.47. The summed E-state index contributed by atoms with van der Waals surface area (Å²) in [4.78, 5) is 20.1. The molecule has 4 aliphatic rings. The van der Waals surface area contributed by atoms with Crippen molar-refractivity contribution < 1.29 is 6.22 Å². The van der Waals surface area contributed by atoms with Crippen molar-refractivity contribution in [2.75, 3.05) is 20.1 Å². The van der Waals surface area contributed by atoms with E-state index >= 15 is 0 Å². The fourth-order valence-electron chi connectivity index (χ4n) is 6.15. The molecule has 0 atom stereocenters. The molecule has 3 heteroatoms. The van der Waals surface area contributed by atoms with Crippen LogP contribution in [0.4, 0.5) is 0 Å². The fourth-order valence-corrected chi connectivity index (χ4v) is 6.15. The lowest BCUT2D eigenvalue weighted by atomic mass is 9.73. The molecule has 0 amide bonds. The molecule has 0 unspecified atom stereocenters. The number of aromatic nitrogens is 1. The first-order chi connectivity index (χ1) is 15.5. The molecule has 1 spiro atoms. The Labute approximate surface area is 192 Å². The number of carbonyl (C=O) groups is 1. The van der Waals surface area contributed by atoms with Crippen LogP contribution in [0.2, 0.25) is 0 Å². The van der Waals surface area contributed by atoms with Crippen molar-refractivity contribution in [2.45, 2.75) is 50.9 Å². The number of fused-ring (bicyclic) bond motifs is 3. The van der Waals surface area contributed by atoms with Crippen LogP contribution in [0, 0.1) is 0 Å². The van der Waals surface area contributed by atoms with E-state index in [1.54, 1.807) is 0 Å². The zero-order valence-electron chi connectivity index (χ0n) is 19.1. The van der Waals surface area contributed by atoms with Gasteiger partial charge in [-0.2, -0.15) is 0 Å². The van der Waals surface area contributed by atoms with Crippen LogP contribution in [-0.2, 0) is 11.8 Å². The van der Waals surface area contributed by atoms with E-state index in [2.05, 4.69) is 61.4 Å². The largest absolute Gasteiger partial charge is 0.306 e. The molecule has 1 aromatic carbocycles. The maximum Gasteiger partial charge on any atom is 0.164 e. The van der Waals surface area contributed by atoms with Crippen molar-refractivity contribution in [1.82, 2.24) is 9.88 Å². The third kappa shape index (κ3) is 3.06. The van der Waals surface area contributed by atoms with E-state index in [0.29, 0.717) is 12.2 Å². The second-order valence-corrected chi connectivity index (χ2v) is 10.1. The molecular formula is C29H32N2O.